The van der Waals surface area contributed by atoms with Crippen molar-refractivity contribution in [2.24, 2.45) is 0 Å². The van der Waals surface area contributed by atoms with Crippen LogP contribution in [-0.4, -0.2) is 26.7 Å². The molecule has 0 aliphatic carbocycles. The molecule has 0 aromatic heterocycles. The van der Waals surface area contributed by atoms with Crippen molar-refractivity contribution >= 4 is 12.4 Å². The van der Waals surface area contributed by atoms with Crippen molar-refractivity contribution in [2.75, 3.05) is 20.4 Å². The first-order valence-electron chi connectivity index (χ1n) is 5.55. The van der Waals surface area contributed by atoms with E-state index in [2.05, 4.69) is 5.32 Å². The zero-order valence-electron chi connectivity index (χ0n) is 9.73. The summed E-state index contributed by atoms with van der Waals surface area (Å²) in [6.07, 6.45) is 5.72. The van der Waals surface area contributed by atoms with Crippen molar-refractivity contribution in [3.05, 3.63) is 29.3 Å². The van der Waals surface area contributed by atoms with Gasteiger partial charge in [0, 0.05) is 5.56 Å². The van der Waals surface area contributed by atoms with Crippen molar-refractivity contribution in [2.45, 2.75) is 6.42 Å². The highest BCUT2D eigenvalue weighted by Crippen LogP contribution is 2.34. The molecule has 1 aliphatic rings. The van der Waals surface area contributed by atoms with Crippen LogP contribution >= 0.6 is 0 Å². The van der Waals surface area contributed by atoms with Gasteiger partial charge in [0.1, 0.15) is 0 Å². The Hall–Kier alpha value is -1.81. The molecule has 0 fully saturated rings. The molecule has 0 radical (unpaired) electrons. The third-order valence-electron chi connectivity index (χ3n) is 2.56. The number of carbonyl (C=O) groups excluding carboxylic acids is 1. The molecule has 1 aliphatic heterocycles. The molecular weight excluding hydrogens is 218 g/mol. The molecule has 1 aromatic carbocycles. The highest BCUT2D eigenvalue weighted by molar-refractivity contribution is 5.83. The van der Waals surface area contributed by atoms with Crippen LogP contribution in [0.3, 0.4) is 0 Å². The van der Waals surface area contributed by atoms with Gasteiger partial charge >= 0.3 is 0 Å². The SMILES string of the molecule is CNCCC=Cc1cc2c(cc1C=O)OCO2. The number of ether oxygens (including phenoxy) is 2. The van der Waals surface area contributed by atoms with E-state index in [1.165, 1.54) is 0 Å². The Balaban J connectivity index is 2.20. The molecule has 0 saturated heterocycles. The quantitative estimate of drug-likeness (QED) is 0.623. The van der Waals surface area contributed by atoms with Crippen LogP contribution in [0.2, 0.25) is 0 Å². The first-order chi connectivity index (χ1) is 8.35. The minimum Gasteiger partial charge on any atom is -0.454 e. The highest BCUT2D eigenvalue weighted by Gasteiger charge is 2.15. The van der Waals surface area contributed by atoms with Crippen molar-refractivity contribution in [3.8, 4) is 11.5 Å². The molecule has 4 heteroatoms. The lowest BCUT2D eigenvalue weighted by Crippen LogP contribution is -2.05. The van der Waals surface area contributed by atoms with Crippen LogP contribution in [0.4, 0.5) is 0 Å². The van der Waals surface area contributed by atoms with Crippen molar-refractivity contribution in [1.29, 1.82) is 0 Å². The standard InChI is InChI=1S/C13H15NO3/c1-14-5-3-2-4-10-6-12-13(17-9-16-12)7-11(10)8-15/h2,4,6-8,14H,3,5,9H2,1H3. The largest absolute Gasteiger partial charge is 0.454 e. The lowest BCUT2D eigenvalue weighted by atomic mass is 10.1. The molecule has 1 N–H and O–H groups in total. The highest BCUT2D eigenvalue weighted by atomic mass is 16.7. The second-order valence-corrected chi connectivity index (χ2v) is 3.75. The van der Waals surface area contributed by atoms with Gasteiger partial charge in [-0.3, -0.25) is 4.79 Å². The van der Waals surface area contributed by atoms with Crippen LogP contribution in [0.15, 0.2) is 18.2 Å². The van der Waals surface area contributed by atoms with Gasteiger partial charge in [0.2, 0.25) is 6.79 Å². The van der Waals surface area contributed by atoms with E-state index in [-0.39, 0.29) is 6.79 Å². The summed E-state index contributed by atoms with van der Waals surface area (Å²) in [5, 5.41) is 3.06. The summed E-state index contributed by atoms with van der Waals surface area (Å²) in [7, 11) is 1.91. The molecule has 0 saturated carbocycles. The molecule has 0 amide bonds. The van der Waals surface area contributed by atoms with Crippen LogP contribution in [-0.2, 0) is 0 Å². The van der Waals surface area contributed by atoms with Crippen LogP contribution in [0.1, 0.15) is 22.3 Å². The summed E-state index contributed by atoms with van der Waals surface area (Å²) in [5.41, 5.74) is 1.48. The Kier molecular flexibility index (Phi) is 3.77. The molecule has 4 nitrogen and oxygen atoms in total. The number of rotatable bonds is 5. The molecule has 2 rings (SSSR count). The van der Waals surface area contributed by atoms with E-state index in [1.54, 1.807) is 6.07 Å². The van der Waals surface area contributed by atoms with Gasteiger partial charge in [0.15, 0.2) is 17.8 Å². The maximum absolute atomic E-state index is 11.0. The summed E-state index contributed by atoms with van der Waals surface area (Å²) in [6.45, 7) is 1.14. The zero-order chi connectivity index (χ0) is 12.1. The van der Waals surface area contributed by atoms with Gasteiger partial charge < -0.3 is 14.8 Å². The van der Waals surface area contributed by atoms with E-state index in [0.29, 0.717) is 17.1 Å². The summed E-state index contributed by atoms with van der Waals surface area (Å²) >= 11 is 0. The summed E-state index contributed by atoms with van der Waals surface area (Å²) in [6, 6.07) is 3.55. The van der Waals surface area contributed by atoms with Gasteiger partial charge in [-0.25, -0.2) is 0 Å². The van der Waals surface area contributed by atoms with Gasteiger partial charge in [-0.15, -0.1) is 0 Å². The number of hydrogen-bond acceptors (Lipinski definition) is 4. The maximum atomic E-state index is 11.0. The normalized spacial score (nSPS) is 13.2. The predicted molar refractivity (Wildman–Crippen MR) is 65.5 cm³/mol. The lowest BCUT2D eigenvalue weighted by Gasteiger charge is -2.02. The van der Waals surface area contributed by atoms with Crippen LogP contribution in [0.5, 0.6) is 11.5 Å². The third-order valence-corrected chi connectivity index (χ3v) is 2.56. The fraction of sp³-hybridized carbons (Fsp3) is 0.308. The average molecular weight is 233 g/mol. The first kappa shape index (κ1) is 11.7. The zero-order valence-corrected chi connectivity index (χ0v) is 9.73. The van der Waals surface area contributed by atoms with E-state index in [1.807, 2.05) is 25.3 Å². The summed E-state index contributed by atoms with van der Waals surface area (Å²) in [5.74, 6) is 1.34. The predicted octanol–water partition coefficient (Wildman–Crippen LogP) is 1.85. The third kappa shape index (κ3) is 2.65. The molecule has 0 atom stereocenters. The number of hydrogen-bond donors (Lipinski definition) is 1. The monoisotopic (exact) mass is 233 g/mol. The first-order valence-corrected chi connectivity index (χ1v) is 5.55. The fourth-order valence-electron chi connectivity index (χ4n) is 1.66. The van der Waals surface area contributed by atoms with Crippen LogP contribution in [0.25, 0.3) is 6.08 Å². The topological polar surface area (TPSA) is 47.6 Å². The Morgan fingerprint density at radius 2 is 2.00 bits per heavy atom. The number of fused-ring (bicyclic) bond motifs is 1. The van der Waals surface area contributed by atoms with Gasteiger partial charge in [-0.05, 0) is 37.7 Å². The Labute approximate surface area is 100 Å². The van der Waals surface area contributed by atoms with Gasteiger partial charge in [0.25, 0.3) is 0 Å². The number of benzene rings is 1. The van der Waals surface area contributed by atoms with E-state index in [0.717, 1.165) is 24.8 Å². The number of nitrogens with one attached hydrogen (secondary N) is 1. The fourth-order valence-corrected chi connectivity index (χ4v) is 1.66. The maximum Gasteiger partial charge on any atom is 0.231 e. The molecule has 17 heavy (non-hydrogen) atoms. The smallest absolute Gasteiger partial charge is 0.231 e. The van der Waals surface area contributed by atoms with Gasteiger partial charge in [-0.2, -0.15) is 0 Å². The summed E-state index contributed by atoms with van der Waals surface area (Å²) in [4.78, 5) is 11.0. The van der Waals surface area contributed by atoms with Crippen molar-refractivity contribution in [3.63, 3.8) is 0 Å². The van der Waals surface area contributed by atoms with E-state index >= 15 is 0 Å². The van der Waals surface area contributed by atoms with E-state index in [4.69, 9.17) is 9.47 Å². The lowest BCUT2D eigenvalue weighted by molar-refractivity contribution is 0.112. The second-order valence-electron chi connectivity index (χ2n) is 3.75. The van der Waals surface area contributed by atoms with E-state index < -0.39 is 0 Å². The molecule has 0 unspecified atom stereocenters. The Morgan fingerprint density at radius 3 is 2.65 bits per heavy atom. The number of aldehydes is 1. The van der Waals surface area contributed by atoms with Gasteiger partial charge in [-0.1, -0.05) is 12.2 Å². The van der Waals surface area contributed by atoms with Crippen LogP contribution < -0.4 is 14.8 Å². The van der Waals surface area contributed by atoms with E-state index in [9.17, 15) is 4.79 Å². The minimum atomic E-state index is 0.223. The molecule has 1 aromatic rings. The molecular formula is C13H15NO3. The average Bonchev–Trinajstić information content (AvgIpc) is 2.80. The molecule has 1 heterocycles. The molecule has 0 bridgehead atoms. The molecule has 0 spiro atoms. The molecule has 90 valence electrons. The summed E-state index contributed by atoms with van der Waals surface area (Å²) < 4.78 is 10.5. The van der Waals surface area contributed by atoms with Gasteiger partial charge in [0.05, 0.1) is 0 Å². The van der Waals surface area contributed by atoms with Crippen LogP contribution in [0, 0.1) is 0 Å². The number of carbonyl (C=O) groups is 1. The Morgan fingerprint density at radius 1 is 1.29 bits per heavy atom. The van der Waals surface area contributed by atoms with Crippen molar-refractivity contribution < 1.29 is 14.3 Å². The second kappa shape index (κ2) is 5.50. The minimum absolute atomic E-state index is 0.223. The van der Waals surface area contributed by atoms with Crippen molar-refractivity contribution in [1.82, 2.24) is 5.32 Å². The Bertz CT molecular complexity index is 441.